The highest BCUT2D eigenvalue weighted by atomic mass is 16.5. The maximum atomic E-state index is 12.5. The van der Waals surface area contributed by atoms with Crippen molar-refractivity contribution in [3.63, 3.8) is 0 Å². The highest BCUT2D eigenvalue weighted by molar-refractivity contribution is 5.83. The number of methoxy groups -OCH3 is 1. The van der Waals surface area contributed by atoms with Crippen molar-refractivity contribution in [2.75, 3.05) is 12.4 Å². The molecule has 0 unspecified atom stereocenters. The van der Waals surface area contributed by atoms with Crippen LogP contribution in [0.2, 0.25) is 0 Å². The molecule has 0 aliphatic carbocycles. The molecular formula is C21H26N4O2. The minimum Gasteiger partial charge on any atom is -0.496 e. The normalized spacial score (nSPS) is 11.4. The van der Waals surface area contributed by atoms with Crippen molar-refractivity contribution in [1.29, 1.82) is 0 Å². The van der Waals surface area contributed by atoms with E-state index in [1.165, 1.54) is 0 Å². The first-order valence-corrected chi connectivity index (χ1v) is 8.99. The Morgan fingerprint density at radius 1 is 1.11 bits per heavy atom. The number of hydrogen-bond donors (Lipinski definition) is 2. The lowest BCUT2D eigenvalue weighted by Gasteiger charge is -2.21. The SMILES string of the molecule is COc1ccccc1CNc1nc2ccccc2n1CC(=O)NC(C)(C)C. The molecular weight excluding hydrogens is 340 g/mol. The van der Waals surface area contributed by atoms with Crippen molar-refractivity contribution in [1.82, 2.24) is 14.9 Å². The molecule has 0 bridgehead atoms. The van der Waals surface area contributed by atoms with E-state index in [9.17, 15) is 4.79 Å². The quantitative estimate of drug-likeness (QED) is 0.700. The fourth-order valence-corrected chi connectivity index (χ4v) is 3.00. The van der Waals surface area contributed by atoms with Gasteiger partial charge < -0.3 is 19.9 Å². The van der Waals surface area contributed by atoms with Gasteiger partial charge in [0, 0.05) is 17.6 Å². The zero-order chi connectivity index (χ0) is 19.4. The molecule has 6 nitrogen and oxygen atoms in total. The van der Waals surface area contributed by atoms with Gasteiger partial charge in [0.1, 0.15) is 12.3 Å². The molecule has 1 heterocycles. The summed E-state index contributed by atoms with van der Waals surface area (Å²) in [6.07, 6.45) is 0. The van der Waals surface area contributed by atoms with Gasteiger partial charge in [-0.2, -0.15) is 0 Å². The van der Waals surface area contributed by atoms with Crippen LogP contribution in [0.3, 0.4) is 0 Å². The van der Waals surface area contributed by atoms with E-state index in [-0.39, 0.29) is 18.0 Å². The van der Waals surface area contributed by atoms with Gasteiger partial charge in [-0.1, -0.05) is 30.3 Å². The van der Waals surface area contributed by atoms with E-state index in [1.54, 1.807) is 7.11 Å². The first-order valence-electron chi connectivity index (χ1n) is 8.99. The Labute approximate surface area is 159 Å². The summed E-state index contributed by atoms with van der Waals surface area (Å²) in [7, 11) is 1.66. The van der Waals surface area contributed by atoms with Gasteiger partial charge in [-0.15, -0.1) is 0 Å². The number of nitrogens with one attached hydrogen (secondary N) is 2. The van der Waals surface area contributed by atoms with Crippen LogP contribution in [0.1, 0.15) is 26.3 Å². The van der Waals surface area contributed by atoms with Crippen LogP contribution in [0.4, 0.5) is 5.95 Å². The number of carbonyl (C=O) groups excluding carboxylic acids is 1. The molecule has 0 radical (unpaired) electrons. The number of imidazole rings is 1. The average molecular weight is 366 g/mol. The van der Waals surface area contributed by atoms with Crippen molar-refractivity contribution >= 4 is 22.9 Å². The summed E-state index contributed by atoms with van der Waals surface area (Å²) in [6, 6.07) is 15.7. The second-order valence-electron chi connectivity index (χ2n) is 7.47. The van der Waals surface area contributed by atoms with Crippen LogP contribution >= 0.6 is 0 Å². The third kappa shape index (κ3) is 4.58. The van der Waals surface area contributed by atoms with Gasteiger partial charge in [-0.3, -0.25) is 4.79 Å². The number of nitrogens with zero attached hydrogens (tertiary/aromatic N) is 2. The van der Waals surface area contributed by atoms with Crippen molar-refractivity contribution in [2.24, 2.45) is 0 Å². The molecule has 0 aliphatic rings. The van der Waals surface area contributed by atoms with Crippen molar-refractivity contribution in [3.8, 4) is 5.75 Å². The summed E-state index contributed by atoms with van der Waals surface area (Å²) in [4.78, 5) is 17.2. The molecule has 2 N–H and O–H groups in total. The van der Waals surface area contributed by atoms with Gasteiger partial charge in [-0.05, 0) is 39.0 Å². The first kappa shape index (κ1) is 18.8. The molecule has 3 aromatic rings. The molecule has 1 aromatic heterocycles. The minimum atomic E-state index is -0.279. The van der Waals surface area contributed by atoms with E-state index in [0.717, 1.165) is 22.3 Å². The number of carbonyl (C=O) groups is 1. The Kier molecular flexibility index (Phi) is 5.35. The molecule has 0 atom stereocenters. The topological polar surface area (TPSA) is 68.2 Å². The first-order chi connectivity index (χ1) is 12.9. The lowest BCUT2D eigenvalue weighted by Crippen LogP contribution is -2.42. The fourth-order valence-electron chi connectivity index (χ4n) is 3.00. The van der Waals surface area contributed by atoms with Crippen molar-refractivity contribution < 1.29 is 9.53 Å². The molecule has 2 aromatic carbocycles. The Morgan fingerprint density at radius 3 is 2.56 bits per heavy atom. The monoisotopic (exact) mass is 366 g/mol. The maximum Gasteiger partial charge on any atom is 0.240 e. The van der Waals surface area contributed by atoms with E-state index < -0.39 is 0 Å². The van der Waals surface area contributed by atoms with E-state index in [2.05, 4.69) is 15.6 Å². The maximum absolute atomic E-state index is 12.5. The summed E-state index contributed by atoms with van der Waals surface area (Å²) in [5.74, 6) is 1.43. The molecule has 0 spiro atoms. The molecule has 0 aliphatic heterocycles. The third-order valence-corrected chi connectivity index (χ3v) is 4.10. The predicted octanol–water partition coefficient (Wildman–Crippen LogP) is 3.57. The lowest BCUT2D eigenvalue weighted by molar-refractivity contribution is -0.122. The predicted molar refractivity (Wildman–Crippen MR) is 108 cm³/mol. The molecule has 3 rings (SSSR count). The van der Waals surface area contributed by atoms with Crippen molar-refractivity contribution in [3.05, 3.63) is 54.1 Å². The minimum absolute atomic E-state index is 0.0500. The summed E-state index contributed by atoms with van der Waals surface area (Å²) < 4.78 is 7.32. The van der Waals surface area contributed by atoms with Crippen LogP contribution < -0.4 is 15.4 Å². The zero-order valence-electron chi connectivity index (χ0n) is 16.2. The Morgan fingerprint density at radius 2 is 1.81 bits per heavy atom. The third-order valence-electron chi connectivity index (χ3n) is 4.10. The van der Waals surface area contributed by atoms with E-state index in [1.807, 2.05) is 73.9 Å². The molecule has 27 heavy (non-hydrogen) atoms. The van der Waals surface area contributed by atoms with Gasteiger partial charge in [0.2, 0.25) is 11.9 Å². The summed E-state index contributed by atoms with van der Waals surface area (Å²) in [5.41, 5.74) is 2.52. The number of amides is 1. The number of aromatic nitrogens is 2. The fraction of sp³-hybridized carbons (Fsp3) is 0.333. The Hall–Kier alpha value is -3.02. The zero-order valence-corrected chi connectivity index (χ0v) is 16.2. The van der Waals surface area contributed by atoms with Gasteiger partial charge in [0.05, 0.1) is 18.1 Å². The number of fused-ring (bicyclic) bond motifs is 1. The lowest BCUT2D eigenvalue weighted by atomic mass is 10.1. The second-order valence-corrected chi connectivity index (χ2v) is 7.47. The number of benzene rings is 2. The van der Waals surface area contributed by atoms with Gasteiger partial charge >= 0.3 is 0 Å². The van der Waals surface area contributed by atoms with Crippen molar-refractivity contribution in [2.45, 2.75) is 39.4 Å². The molecule has 142 valence electrons. The van der Waals surface area contributed by atoms with Crippen LogP contribution in [0, 0.1) is 0 Å². The van der Waals surface area contributed by atoms with Crippen LogP contribution in [0.25, 0.3) is 11.0 Å². The smallest absolute Gasteiger partial charge is 0.240 e. The standard InChI is InChI=1S/C21H26N4O2/c1-21(2,3)24-19(26)14-25-17-11-7-6-10-16(17)23-20(25)22-13-15-9-5-8-12-18(15)27-4/h5-12H,13-14H2,1-4H3,(H,22,23)(H,24,26). The van der Waals surface area contributed by atoms with Gasteiger partial charge in [0.25, 0.3) is 0 Å². The number of rotatable bonds is 6. The highest BCUT2D eigenvalue weighted by Crippen LogP contribution is 2.22. The van der Waals surface area contributed by atoms with Crippen LogP contribution in [0.5, 0.6) is 5.75 Å². The van der Waals surface area contributed by atoms with Gasteiger partial charge in [-0.25, -0.2) is 4.98 Å². The number of anilines is 1. The number of ether oxygens (including phenoxy) is 1. The van der Waals surface area contributed by atoms with Gasteiger partial charge in [0.15, 0.2) is 0 Å². The van der Waals surface area contributed by atoms with E-state index in [4.69, 9.17) is 4.74 Å². The molecule has 0 saturated heterocycles. The van der Waals surface area contributed by atoms with E-state index in [0.29, 0.717) is 12.5 Å². The summed E-state index contributed by atoms with van der Waals surface area (Å²) in [5, 5.41) is 6.36. The van der Waals surface area contributed by atoms with Crippen LogP contribution in [-0.2, 0) is 17.9 Å². The van der Waals surface area contributed by atoms with Crippen LogP contribution in [0.15, 0.2) is 48.5 Å². The summed E-state index contributed by atoms with van der Waals surface area (Å²) >= 11 is 0. The largest absolute Gasteiger partial charge is 0.496 e. The molecule has 1 amide bonds. The Balaban J connectivity index is 1.87. The number of hydrogen-bond acceptors (Lipinski definition) is 4. The van der Waals surface area contributed by atoms with E-state index >= 15 is 0 Å². The van der Waals surface area contributed by atoms with Crippen LogP contribution in [-0.4, -0.2) is 28.1 Å². The molecule has 0 saturated carbocycles. The second kappa shape index (κ2) is 7.70. The number of para-hydroxylation sites is 3. The molecule has 0 fully saturated rings. The average Bonchev–Trinajstić information content (AvgIpc) is 2.96. The Bertz CT molecular complexity index is 941. The molecule has 6 heteroatoms. The summed E-state index contributed by atoms with van der Waals surface area (Å²) in [6.45, 7) is 6.66. The highest BCUT2D eigenvalue weighted by Gasteiger charge is 2.18.